The number of carbonyl (C=O) groups excluding carboxylic acids is 1. The SMILES string of the molecule is COc1cc(Cl)c(C)cc1NC(=O)C(C)C1CC1. The number of anilines is 1. The summed E-state index contributed by atoms with van der Waals surface area (Å²) in [5, 5.41) is 3.57. The average molecular weight is 268 g/mol. The minimum atomic E-state index is 0.0533. The summed E-state index contributed by atoms with van der Waals surface area (Å²) in [7, 11) is 1.57. The summed E-state index contributed by atoms with van der Waals surface area (Å²) in [6.45, 7) is 3.88. The Balaban J connectivity index is 2.17. The molecule has 1 aliphatic rings. The first-order valence-corrected chi connectivity index (χ1v) is 6.55. The van der Waals surface area contributed by atoms with Crippen molar-refractivity contribution in [1.82, 2.24) is 0 Å². The number of methoxy groups -OCH3 is 1. The van der Waals surface area contributed by atoms with Crippen molar-refractivity contribution >= 4 is 23.2 Å². The van der Waals surface area contributed by atoms with Crippen molar-refractivity contribution in [3.8, 4) is 5.75 Å². The van der Waals surface area contributed by atoms with E-state index in [2.05, 4.69) is 5.32 Å². The van der Waals surface area contributed by atoms with E-state index in [-0.39, 0.29) is 11.8 Å². The van der Waals surface area contributed by atoms with Crippen LogP contribution in [0.15, 0.2) is 12.1 Å². The second-order valence-electron chi connectivity index (χ2n) is 4.92. The summed E-state index contributed by atoms with van der Waals surface area (Å²) in [6, 6.07) is 3.58. The van der Waals surface area contributed by atoms with Crippen LogP contribution in [0.5, 0.6) is 5.75 Å². The van der Waals surface area contributed by atoms with E-state index in [9.17, 15) is 4.79 Å². The summed E-state index contributed by atoms with van der Waals surface area (Å²) in [6.07, 6.45) is 2.32. The van der Waals surface area contributed by atoms with E-state index in [1.165, 1.54) is 0 Å². The highest BCUT2D eigenvalue weighted by atomic mass is 35.5. The molecule has 1 fully saturated rings. The van der Waals surface area contributed by atoms with Gasteiger partial charge in [-0.2, -0.15) is 0 Å². The van der Waals surface area contributed by atoms with Crippen LogP contribution >= 0.6 is 11.6 Å². The van der Waals surface area contributed by atoms with Crippen LogP contribution in [0.3, 0.4) is 0 Å². The van der Waals surface area contributed by atoms with Gasteiger partial charge in [-0.3, -0.25) is 4.79 Å². The predicted molar refractivity (Wildman–Crippen MR) is 73.3 cm³/mol. The first kappa shape index (κ1) is 13.2. The number of hydrogen-bond acceptors (Lipinski definition) is 2. The molecule has 1 amide bonds. The molecular weight excluding hydrogens is 250 g/mol. The van der Waals surface area contributed by atoms with Crippen molar-refractivity contribution in [3.63, 3.8) is 0 Å². The van der Waals surface area contributed by atoms with Gasteiger partial charge < -0.3 is 10.1 Å². The van der Waals surface area contributed by atoms with Crippen LogP contribution in [-0.4, -0.2) is 13.0 Å². The van der Waals surface area contributed by atoms with Crippen LogP contribution in [0, 0.1) is 18.8 Å². The summed E-state index contributed by atoms with van der Waals surface area (Å²) >= 11 is 6.03. The maximum atomic E-state index is 12.1. The average Bonchev–Trinajstić information content (AvgIpc) is 3.16. The normalized spacial score (nSPS) is 16.2. The van der Waals surface area contributed by atoms with Crippen molar-refractivity contribution in [3.05, 3.63) is 22.7 Å². The van der Waals surface area contributed by atoms with Gasteiger partial charge in [-0.05, 0) is 37.3 Å². The molecule has 0 aliphatic heterocycles. The molecule has 1 aromatic rings. The number of hydrogen-bond donors (Lipinski definition) is 1. The summed E-state index contributed by atoms with van der Waals surface area (Å²) in [4.78, 5) is 12.1. The fourth-order valence-electron chi connectivity index (χ4n) is 1.99. The minimum absolute atomic E-state index is 0.0533. The fourth-order valence-corrected chi connectivity index (χ4v) is 2.14. The van der Waals surface area contributed by atoms with Crippen LogP contribution in [0.1, 0.15) is 25.3 Å². The molecule has 1 unspecified atom stereocenters. The molecule has 0 bridgehead atoms. The number of halogens is 1. The highest BCUT2D eigenvalue weighted by molar-refractivity contribution is 6.31. The summed E-state index contributed by atoms with van der Waals surface area (Å²) < 4.78 is 5.24. The highest BCUT2D eigenvalue weighted by Crippen LogP contribution is 2.38. The lowest BCUT2D eigenvalue weighted by Crippen LogP contribution is -2.22. The second kappa shape index (κ2) is 5.19. The number of amides is 1. The van der Waals surface area contributed by atoms with Gasteiger partial charge in [-0.15, -0.1) is 0 Å². The second-order valence-corrected chi connectivity index (χ2v) is 5.32. The molecule has 0 spiro atoms. The van der Waals surface area contributed by atoms with E-state index in [1.54, 1.807) is 13.2 Å². The van der Waals surface area contributed by atoms with Crippen LogP contribution < -0.4 is 10.1 Å². The van der Waals surface area contributed by atoms with E-state index in [4.69, 9.17) is 16.3 Å². The lowest BCUT2D eigenvalue weighted by atomic mass is 10.1. The number of aryl methyl sites for hydroxylation is 1. The van der Waals surface area contributed by atoms with Crippen LogP contribution in [0.25, 0.3) is 0 Å². The molecule has 3 nitrogen and oxygen atoms in total. The maximum Gasteiger partial charge on any atom is 0.227 e. The molecule has 98 valence electrons. The molecule has 2 rings (SSSR count). The molecule has 1 saturated carbocycles. The molecule has 1 N–H and O–H groups in total. The van der Waals surface area contributed by atoms with Crippen molar-refractivity contribution in [2.24, 2.45) is 11.8 Å². The molecular formula is C14H18ClNO2. The molecule has 0 heterocycles. The van der Waals surface area contributed by atoms with E-state index in [1.807, 2.05) is 19.9 Å². The van der Waals surface area contributed by atoms with Crippen molar-refractivity contribution in [2.75, 3.05) is 12.4 Å². The van der Waals surface area contributed by atoms with Gasteiger partial charge in [-0.25, -0.2) is 0 Å². The molecule has 1 aliphatic carbocycles. The number of rotatable bonds is 4. The number of carbonyl (C=O) groups is 1. The molecule has 0 aromatic heterocycles. The Kier molecular flexibility index (Phi) is 3.81. The number of ether oxygens (including phenoxy) is 1. The quantitative estimate of drug-likeness (QED) is 0.904. The van der Waals surface area contributed by atoms with Crippen LogP contribution in [0.4, 0.5) is 5.69 Å². The Bertz CT molecular complexity index is 469. The van der Waals surface area contributed by atoms with Gasteiger partial charge >= 0.3 is 0 Å². The third kappa shape index (κ3) is 2.78. The van der Waals surface area contributed by atoms with Crippen molar-refractivity contribution in [1.29, 1.82) is 0 Å². The Morgan fingerprint density at radius 1 is 1.50 bits per heavy atom. The predicted octanol–water partition coefficient (Wildman–Crippen LogP) is 3.64. The molecule has 1 aromatic carbocycles. The zero-order valence-corrected chi connectivity index (χ0v) is 11.7. The third-order valence-electron chi connectivity index (χ3n) is 3.48. The van der Waals surface area contributed by atoms with Gasteiger partial charge in [0.15, 0.2) is 0 Å². The third-order valence-corrected chi connectivity index (χ3v) is 3.89. The van der Waals surface area contributed by atoms with Gasteiger partial charge in [0.25, 0.3) is 0 Å². The van der Waals surface area contributed by atoms with E-state index >= 15 is 0 Å². The maximum absolute atomic E-state index is 12.1. The Labute approximate surface area is 112 Å². The van der Waals surface area contributed by atoms with Crippen molar-refractivity contribution in [2.45, 2.75) is 26.7 Å². The van der Waals surface area contributed by atoms with Crippen LogP contribution in [-0.2, 0) is 4.79 Å². The van der Waals surface area contributed by atoms with Gasteiger partial charge in [-0.1, -0.05) is 18.5 Å². The molecule has 0 radical (unpaired) electrons. The summed E-state index contributed by atoms with van der Waals surface area (Å²) in [5.74, 6) is 1.26. The Morgan fingerprint density at radius 3 is 2.72 bits per heavy atom. The zero-order valence-electron chi connectivity index (χ0n) is 10.9. The van der Waals surface area contributed by atoms with E-state index in [0.29, 0.717) is 22.4 Å². The monoisotopic (exact) mass is 267 g/mol. The Morgan fingerprint density at radius 2 is 2.17 bits per heavy atom. The number of benzene rings is 1. The number of nitrogens with one attached hydrogen (secondary N) is 1. The fraction of sp³-hybridized carbons (Fsp3) is 0.500. The first-order valence-electron chi connectivity index (χ1n) is 6.18. The largest absolute Gasteiger partial charge is 0.495 e. The van der Waals surface area contributed by atoms with Gasteiger partial charge in [0.05, 0.1) is 12.8 Å². The highest BCUT2D eigenvalue weighted by Gasteiger charge is 2.32. The van der Waals surface area contributed by atoms with E-state index < -0.39 is 0 Å². The first-order chi connectivity index (χ1) is 8.52. The molecule has 0 saturated heterocycles. The van der Waals surface area contributed by atoms with Gasteiger partial charge in [0.1, 0.15) is 5.75 Å². The smallest absolute Gasteiger partial charge is 0.227 e. The zero-order chi connectivity index (χ0) is 13.3. The molecule has 1 atom stereocenters. The lowest BCUT2D eigenvalue weighted by Gasteiger charge is -2.15. The van der Waals surface area contributed by atoms with Gasteiger partial charge in [0, 0.05) is 17.0 Å². The van der Waals surface area contributed by atoms with Gasteiger partial charge in [0.2, 0.25) is 5.91 Å². The standard InChI is InChI=1S/C14H18ClNO2/c1-8-6-12(13(18-3)7-11(8)15)16-14(17)9(2)10-4-5-10/h6-7,9-10H,4-5H2,1-3H3,(H,16,17). The lowest BCUT2D eigenvalue weighted by molar-refractivity contribution is -0.119. The summed E-state index contributed by atoms with van der Waals surface area (Å²) in [5.41, 5.74) is 1.61. The minimum Gasteiger partial charge on any atom is -0.495 e. The van der Waals surface area contributed by atoms with Crippen molar-refractivity contribution < 1.29 is 9.53 Å². The van der Waals surface area contributed by atoms with Crippen LogP contribution in [0.2, 0.25) is 5.02 Å². The topological polar surface area (TPSA) is 38.3 Å². The molecule has 18 heavy (non-hydrogen) atoms. The molecule has 4 heteroatoms. The Hall–Kier alpha value is -1.22. The van der Waals surface area contributed by atoms with E-state index in [0.717, 1.165) is 18.4 Å².